The molecule has 0 aliphatic carbocycles. The SMILES string of the molecule is Cc1cc(C(=O)Nc2ccc(C(=O)NC(C)(C)C)cc2)c(C)n1-c1ccc2c(c1)OCCO2. The Balaban J connectivity index is 1.52. The summed E-state index contributed by atoms with van der Waals surface area (Å²) in [5.41, 5.74) is 4.09. The number of amides is 2. The van der Waals surface area contributed by atoms with Gasteiger partial charge < -0.3 is 24.7 Å². The number of fused-ring (bicyclic) bond motifs is 1. The third kappa shape index (κ3) is 4.87. The Kier molecular flexibility index (Phi) is 5.89. The molecule has 0 fully saturated rings. The van der Waals surface area contributed by atoms with E-state index in [0.717, 1.165) is 22.8 Å². The molecule has 4 rings (SSSR count). The number of aromatic nitrogens is 1. The molecule has 172 valence electrons. The lowest BCUT2D eigenvalue weighted by atomic mass is 10.1. The van der Waals surface area contributed by atoms with E-state index in [-0.39, 0.29) is 17.4 Å². The number of hydrogen-bond donors (Lipinski definition) is 2. The zero-order valence-corrected chi connectivity index (χ0v) is 19.6. The van der Waals surface area contributed by atoms with E-state index in [0.29, 0.717) is 35.8 Å². The summed E-state index contributed by atoms with van der Waals surface area (Å²) in [4.78, 5) is 25.3. The average molecular weight is 448 g/mol. The smallest absolute Gasteiger partial charge is 0.257 e. The molecule has 0 radical (unpaired) electrons. The molecule has 7 nitrogen and oxygen atoms in total. The molecule has 0 saturated carbocycles. The van der Waals surface area contributed by atoms with Gasteiger partial charge in [-0.2, -0.15) is 0 Å². The maximum Gasteiger partial charge on any atom is 0.257 e. The molecule has 0 bridgehead atoms. The van der Waals surface area contributed by atoms with Gasteiger partial charge in [-0.25, -0.2) is 0 Å². The summed E-state index contributed by atoms with van der Waals surface area (Å²) in [6.45, 7) is 10.7. The van der Waals surface area contributed by atoms with Crippen LogP contribution >= 0.6 is 0 Å². The second kappa shape index (κ2) is 8.65. The van der Waals surface area contributed by atoms with Crippen molar-refractivity contribution in [3.05, 3.63) is 71.0 Å². The molecule has 1 aliphatic rings. The fourth-order valence-electron chi connectivity index (χ4n) is 3.88. The van der Waals surface area contributed by atoms with Gasteiger partial charge in [0.25, 0.3) is 11.8 Å². The molecule has 3 aromatic rings. The molecule has 2 aromatic carbocycles. The maximum atomic E-state index is 13.0. The summed E-state index contributed by atoms with van der Waals surface area (Å²) in [6, 6.07) is 14.5. The number of nitrogens with zero attached hydrogens (tertiary/aromatic N) is 1. The molecule has 2 N–H and O–H groups in total. The van der Waals surface area contributed by atoms with Crippen LogP contribution in [0.5, 0.6) is 11.5 Å². The molecule has 0 atom stereocenters. The van der Waals surface area contributed by atoms with E-state index in [1.807, 2.05) is 63.5 Å². The quantitative estimate of drug-likeness (QED) is 0.610. The number of benzene rings is 2. The minimum Gasteiger partial charge on any atom is -0.486 e. The van der Waals surface area contributed by atoms with Crippen LogP contribution in [0.2, 0.25) is 0 Å². The highest BCUT2D eigenvalue weighted by Gasteiger charge is 2.20. The van der Waals surface area contributed by atoms with Gasteiger partial charge in [-0.3, -0.25) is 9.59 Å². The summed E-state index contributed by atoms with van der Waals surface area (Å²) in [5.74, 6) is 1.07. The number of carbonyl (C=O) groups excluding carboxylic acids is 2. The van der Waals surface area contributed by atoms with Crippen molar-refractivity contribution in [3.63, 3.8) is 0 Å². The van der Waals surface area contributed by atoms with Crippen LogP contribution in [0.4, 0.5) is 5.69 Å². The van der Waals surface area contributed by atoms with Gasteiger partial charge in [0, 0.05) is 39.9 Å². The lowest BCUT2D eigenvalue weighted by Crippen LogP contribution is -2.40. The molecule has 2 amide bonds. The topological polar surface area (TPSA) is 81.6 Å². The lowest BCUT2D eigenvalue weighted by Gasteiger charge is -2.20. The average Bonchev–Trinajstić information content (AvgIpc) is 3.06. The van der Waals surface area contributed by atoms with Gasteiger partial charge >= 0.3 is 0 Å². The zero-order valence-electron chi connectivity index (χ0n) is 19.6. The van der Waals surface area contributed by atoms with Crippen molar-refractivity contribution in [3.8, 4) is 17.2 Å². The highest BCUT2D eigenvalue weighted by atomic mass is 16.6. The Morgan fingerprint density at radius 2 is 1.55 bits per heavy atom. The van der Waals surface area contributed by atoms with E-state index >= 15 is 0 Å². The summed E-state index contributed by atoms with van der Waals surface area (Å²) in [6.07, 6.45) is 0. The van der Waals surface area contributed by atoms with E-state index in [1.165, 1.54) is 0 Å². The summed E-state index contributed by atoms with van der Waals surface area (Å²) >= 11 is 0. The third-order valence-electron chi connectivity index (χ3n) is 5.35. The molecule has 0 spiro atoms. The molecular weight excluding hydrogens is 418 g/mol. The number of aryl methyl sites for hydroxylation is 1. The largest absolute Gasteiger partial charge is 0.486 e. The minimum absolute atomic E-state index is 0.150. The monoisotopic (exact) mass is 447 g/mol. The second-order valence-electron chi connectivity index (χ2n) is 9.18. The van der Waals surface area contributed by atoms with Gasteiger partial charge in [-0.1, -0.05) is 0 Å². The van der Waals surface area contributed by atoms with Gasteiger partial charge in [0.05, 0.1) is 5.56 Å². The summed E-state index contributed by atoms with van der Waals surface area (Å²) < 4.78 is 13.3. The standard InChI is InChI=1S/C26H29N3O4/c1-16-14-21(17(2)29(16)20-10-11-22-23(15-20)33-13-12-32-22)25(31)27-19-8-6-18(7-9-19)24(30)28-26(3,4)5/h6-11,14-15H,12-13H2,1-5H3,(H,27,31)(H,28,30). The molecule has 1 aromatic heterocycles. The van der Waals surface area contributed by atoms with Crippen LogP contribution in [0.15, 0.2) is 48.5 Å². The van der Waals surface area contributed by atoms with E-state index < -0.39 is 0 Å². The van der Waals surface area contributed by atoms with Crippen LogP contribution < -0.4 is 20.1 Å². The van der Waals surface area contributed by atoms with Crippen molar-refractivity contribution in [1.82, 2.24) is 9.88 Å². The first-order valence-corrected chi connectivity index (χ1v) is 11.0. The van der Waals surface area contributed by atoms with Gasteiger partial charge in [0.15, 0.2) is 11.5 Å². The fraction of sp³-hybridized carbons (Fsp3) is 0.308. The minimum atomic E-state index is -0.316. The molecular formula is C26H29N3O4. The van der Waals surface area contributed by atoms with Crippen LogP contribution in [-0.2, 0) is 0 Å². The van der Waals surface area contributed by atoms with Crippen molar-refractivity contribution in [2.24, 2.45) is 0 Å². The second-order valence-corrected chi connectivity index (χ2v) is 9.18. The highest BCUT2D eigenvalue weighted by Crippen LogP contribution is 2.33. The normalized spacial score (nSPS) is 12.9. The van der Waals surface area contributed by atoms with Crippen LogP contribution in [-0.4, -0.2) is 35.1 Å². The Bertz CT molecular complexity index is 1200. The number of carbonyl (C=O) groups is 2. The van der Waals surface area contributed by atoms with Crippen LogP contribution in [0.1, 0.15) is 52.9 Å². The molecule has 33 heavy (non-hydrogen) atoms. The van der Waals surface area contributed by atoms with Crippen LogP contribution in [0, 0.1) is 13.8 Å². The van der Waals surface area contributed by atoms with Gasteiger partial charge in [-0.15, -0.1) is 0 Å². The molecule has 0 unspecified atom stereocenters. The van der Waals surface area contributed by atoms with E-state index in [4.69, 9.17) is 9.47 Å². The Morgan fingerprint density at radius 3 is 2.21 bits per heavy atom. The molecule has 0 saturated heterocycles. The predicted octanol–water partition coefficient (Wildman–Crippen LogP) is 4.65. The van der Waals surface area contributed by atoms with E-state index in [9.17, 15) is 9.59 Å². The first-order valence-electron chi connectivity index (χ1n) is 11.0. The Morgan fingerprint density at radius 1 is 0.879 bits per heavy atom. The number of anilines is 1. The van der Waals surface area contributed by atoms with Gasteiger partial charge in [0.2, 0.25) is 0 Å². The number of rotatable bonds is 4. The first-order chi connectivity index (χ1) is 15.6. The van der Waals surface area contributed by atoms with Crippen molar-refractivity contribution < 1.29 is 19.1 Å². The van der Waals surface area contributed by atoms with Crippen LogP contribution in [0.25, 0.3) is 5.69 Å². The third-order valence-corrected chi connectivity index (χ3v) is 5.35. The van der Waals surface area contributed by atoms with Crippen molar-refractivity contribution in [1.29, 1.82) is 0 Å². The zero-order chi connectivity index (χ0) is 23.8. The fourth-order valence-corrected chi connectivity index (χ4v) is 3.88. The maximum absolute atomic E-state index is 13.0. The predicted molar refractivity (Wildman–Crippen MR) is 128 cm³/mol. The number of hydrogen-bond acceptors (Lipinski definition) is 4. The molecule has 7 heteroatoms. The lowest BCUT2D eigenvalue weighted by molar-refractivity contribution is 0.0919. The Labute approximate surface area is 193 Å². The molecule has 2 heterocycles. The van der Waals surface area contributed by atoms with E-state index in [2.05, 4.69) is 10.6 Å². The van der Waals surface area contributed by atoms with Gasteiger partial charge in [-0.05, 0) is 77.1 Å². The van der Waals surface area contributed by atoms with Crippen molar-refractivity contribution in [2.75, 3.05) is 18.5 Å². The number of ether oxygens (including phenoxy) is 2. The van der Waals surface area contributed by atoms with Crippen molar-refractivity contribution >= 4 is 17.5 Å². The summed E-state index contributed by atoms with van der Waals surface area (Å²) in [5, 5.41) is 5.85. The first kappa shape index (κ1) is 22.5. The Hall–Kier alpha value is -3.74. The summed E-state index contributed by atoms with van der Waals surface area (Å²) in [7, 11) is 0. The molecule has 1 aliphatic heterocycles. The van der Waals surface area contributed by atoms with Crippen LogP contribution in [0.3, 0.4) is 0 Å². The number of nitrogens with one attached hydrogen (secondary N) is 2. The van der Waals surface area contributed by atoms with Crippen molar-refractivity contribution in [2.45, 2.75) is 40.2 Å². The van der Waals surface area contributed by atoms with Gasteiger partial charge in [0.1, 0.15) is 13.2 Å². The highest BCUT2D eigenvalue weighted by molar-refractivity contribution is 6.05. The van der Waals surface area contributed by atoms with E-state index in [1.54, 1.807) is 24.3 Å².